The number of hydrogen-bond donors (Lipinski definition) is 1. The summed E-state index contributed by atoms with van der Waals surface area (Å²) >= 11 is 12.1. The number of nitrogens with zero attached hydrogens (tertiary/aromatic N) is 3. The molecule has 27 heavy (non-hydrogen) atoms. The van der Waals surface area contributed by atoms with Crippen LogP contribution in [0.4, 0.5) is 5.82 Å². The number of nitrogens with one attached hydrogen (secondary N) is 1. The first-order chi connectivity index (χ1) is 12.8. The number of hydrogen-bond acceptors (Lipinski definition) is 5. The summed E-state index contributed by atoms with van der Waals surface area (Å²) in [6, 6.07) is 4.83. The first-order valence-electron chi connectivity index (χ1n) is 8.81. The van der Waals surface area contributed by atoms with Crippen LogP contribution in [0, 0.1) is 13.8 Å². The Morgan fingerprint density at radius 3 is 2.44 bits per heavy atom. The molecular formula is C18H22Cl2N4O2S. The molecule has 0 amide bonds. The van der Waals surface area contributed by atoms with Crippen molar-refractivity contribution in [2.45, 2.75) is 44.6 Å². The number of piperidine rings is 1. The molecule has 6 nitrogen and oxygen atoms in total. The number of aromatic nitrogens is 2. The lowest BCUT2D eigenvalue weighted by Crippen LogP contribution is -2.31. The summed E-state index contributed by atoms with van der Waals surface area (Å²) < 4.78 is 27.9. The Kier molecular flexibility index (Phi) is 6.25. The zero-order valence-electron chi connectivity index (χ0n) is 15.3. The SMILES string of the molecule is Cc1cc(N2CCCCC2)nc(CNS(=O)(=O)c2cc(C)c(Cl)cc2Cl)n1. The van der Waals surface area contributed by atoms with Gasteiger partial charge in [0.1, 0.15) is 16.5 Å². The minimum absolute atomic E-state index is 0.00465. The second-order valence-corrected chi connectivity index (χ2v) is 9.24. The highest BCUT2D eigenvalue weighted by atomic mass is 35.5. The van der Waals surface area contributed by atoms with E-state index in [0.29, 0.717) is 16.4 Å². The van der Waals surface area contributed by atoms with Crippen molar-refractivity contribution in [3.05, 3.63) is 45.3 Å². The van der Waals surface area contributed by atoms with Crippen LogP contribution < -0.4 is 9.62 Å². The largest absolute Gasteiger partial charge is 0.357 e. The number of sulfonamides is 1. The Labute approximate surface area is 170 Å². The third kappa shape index (κ3) is 4.90. The van der Waals surface area contributed by atoms with Crippen molar-refractivity contribution in [2.24, 2.45) is 0 Å². The molecule has 0 saturated carbocycles. The molecule has 0 unspecified atom stereocenters. The number of anilines is 1. The van der Waals surface area contributed by atoms with Gasteiger partial charge in [0, 0.05) is 29.9 Å². The molecule has 0 radical (unpaired) electrons. The molecule has 0 atom stereocenters. The van der Waals surface area contributed by atoms with Crippen molar-refractivity contribution >= 4 is 39.0 Å². The standard InChI is InChI=1S/C18H22Cl2N4O2S/c1-12-8-16(15(20)10-14(12)19)27(25,26)21-11-17-22-13(2)9-18(23-17)24-6-4-3-5-7-24/h8-10,21H,3-7,11H2,1-2H3. The van der Waals surface area contributed by atoms with E-state index in [9.17, 15) is 8.42 Å². The molecule has 9 heteroatoms. The van der Waals surface area contributed by atoms with E-state index in [-0.39, 0.29) is 16.5 Å². The van der Waals surface area contributed by atoms with E-state index < -0.39 is 10.0 Å². The summed E-state index contributed by atoms with van der Waals surface area (Å²) in [6.45, 7) is 5.52. The van der Waals surface area contributed by atoms with Crippen LogP contribution in [0.3, 0.4) is 0 Å². The molecule has 1 aliphatic heterocycles. The molecule has 146 valence electrons. The van der Waals surface area contributed by atoms with Gasteiger partial charge < -0.3 is 4.90 Å². The number of rotatable bonds is 5. The maximum absolute atomic E-state index is 12.7. The van der Waals surface area contributed by atoms with Crippen LogP contribution in [0.15, 0.2) is 23.1 Å². The normalized spacial score (nSPS) is 15.2. The topological polar surface area (TPSA) is 75.2 Å². The quantitative estimate of drug-likeness (QED) is 0.781. The Bertz CT molecular complexity index is 945. The lowest BCUT2D eigenvalue weighted by molar-refractivity contribution is 0.569. The highest BCUT2D eigenvalue weighted by Gasteiger charge is 2.20. The van der Waals surface area contributed by atoms with Gasteiger partial charge in [-0.3, -0.25) is 0 Å². The summed E-state index contributed by atoms with van der Waals surface area (Å²) in [6.07, 6.45) is 3.51. The van der Waals surface area contributed by atoms with Crippen molar-refractivity contribution in [3.63, 3.8) is 0 Å². The highest BCUT2D eigenvalue weighted by molar-refractivity contribution is 7.89. The maximum Gasteiger partial charge on any atom is 0.242 e. The zero-order chi connectivity index (χ0) is 19.6. The molecule has 1 fully saturated rings. The summed E-state index contributed by atoms with van der Waals surface area (Å²) in [5.74, 6) is 1.28. The van der Waals surface area contributed by atoms with Gasteiger partial charge in [0.25, 0.3) is 0 Å². The second-order valence-electron chi connectivity index (χ2n) is 6.69. The molecule has 1 saturated heterocycles. The van der Waals surface area contributed by atoms with E-state index in [4.69, 9.17) is 23.2 Å². The maximum atomic E-state index is 12.7. The van der Waals surface area contributed by atoms with Gasteiger partial charge in [0.2, 0.25) is 10.0 Å². The Morgan fingerprint density at radius 1 is 1.04 bits per heavy atom. The predicted octanol–water partition coefficient (Wildman–Crippen LogP) is 3.87. The summed E-state index contributed by atoms with van der Waals surface area (Å²) in [5.41, 5.74) is 1.45. The molecule has 0 aliphatic carbocycles. The van der Waals surface area contributed by atoms with Crippen LogP contribution in [-0.4, -0.2) is 31.5 Å². The fourth-order valence-corrected chi connectivity index (χ4v) is 4.86. The van der Waals surface area contributed by atoms with Gasteiger partial charge in [-0.1, -0.05) is 23.2 Å². The van der Waals surface area contributed by atoms with Crippen LogP contribution in [0.2, 0.25) is 10.0 Å². The van der Waals surface area contributed by atoms with E-state index in [1.165, 1.54) is 18.6 Å². The molecule has 2 aromatic rings. The smallest absolute Gasteiger partial charge is 0.242 e. The van der Waals surface area contributed by atoms with Gasteiger partial charge in [-0.15, -0.1) is 0 Å². The Balaban J connectivity index is 1.79. The van der Waals surface area contributed by atoms with Gasteiger partial charge in [0.15, 0.2) is 0 Å². The average molecular weight is 429 g/mol. The predicted molar refractivity (Wildman–Crippen MR) is 108 cm³/mol. The van der Waals surface area contributed by atoms with Crippen molar-refractivity contribution in [2.75, 3.05) is 18.0 Å². The first-order valence-corrected chi connectivity index (χ1v) is 11.0. The van der Waals surface area contributed by atoms with Crippen molar-refractivity contribution in [1.29, 1.82) is 0 Å². The highest BCUT2D eigenvalue weighted by Crippen LogP contribution is 2.28. The molecule has 1 N–H and O–H groups in total. The lowest BCUT2D eigenvalue weighted by Gasteiger charge is -2.28. The van der Waals surface area contributed by atoms with Gasteiger partial charge >= 0.3 is 0 Å². The minimum atomic E-state index is -3.81. The molecule has 1 aromatic heterocycles. The molecule has 1 aliphatic rings. The lowest BCUT2D eigenvalue weighted by atomic mass is 10.1. The average Bonchev–Trinajstić information content (AvgIpc) is 2.63. The van der Waals surface area contributed by atoms with Crippen molar-refractivity contribution in [1.82, 2.24) is 14.7 Å². The third-order valence-corrected chi connectivity index (χ3v) is 6.76. The summed E-state index contributed by atoms with van der Waals surface area (Å²) in [5, 5.41) is 0.504. The molecule has 2 heterocycles. The van der Waals surface area contributed by atoms with Crippen LogP contribution in [-0.2, 0) is 16.6 Å². The summed E-state index contributed by atoms with van der Waals surface area (Å²) in [4.78, 5) is 11.1. The Hall–Kier alpha value is -1.41. The molecule has 1 aromatic carbocycles. The van der Waals surface area contributed by atoms with Crippen LogP contribution in [0.5, 0.6) is 0 Å². The fourth-order valence-electron chi connectivity index (χ4n) is 3.05. The second kappa shape index (κ2) is 8.31. The van der Waals surface area contributed by atoms with Crippen molar-refractivity contribution in [3.8, 4) is 0 Å². The van der Waals surface area contributed by atoms with E-state index >= 15 is 0 Å². The van der Waals surface area contributed by atoms with E-state index in [2.05, 4.69) is 19.6 Å². The number of halogens is 2. The van der Waals surface area contributed by atoms with Crippen LogP contribution in [0.1, 0.15) is 36.3 Å². The first kappa shape index (κ1) is 20.3. The van der Waals surface area contributed by atoms with Gasteiger partial charge in [-0.25, -0.2) is 23.1 Å². The van der Waals surface area contributed by atoms with Crippen LogP contribution in [0.25, 0.3) is 0 Å². The number of aryl methyl sites for hydroxylation is 2. The van der Waals surface area contributed by atoms with Gasteiger partial charge in [-0.2, -0.15) is 0 Å². The monoisotopic (exact) mass is 428 g/mol. The van der Waals surface area contributed by atoms with Crippen molar-refractivity contribution < 1.29 is 8.42 Å². The fraction of sp³-hybridized carbons (Fsp3) is 0.444. The molecule has 0 bridgehead atoms. The molecular weight excluding hydrogens is 407 g/mol. The van der Waals surface area contributed by atoms with Gasteiger partial charge in [-0.05, 0) is 50.8 Å². The van der Waals surface area contributed by atoms with E-state index in [0.717, 1.165) is 37.4 Å². The van der Waals surface area contributed by atoms with Crippen LogP contribution >= 0.6 is 23.2 Å². The zero-order valence-corrected chi connectivity index (χ0v) is 17.6. The van der Waals surface area contributed by atoms with E-state index in [1.807, 2.05) is 13.0 Å². The molecule has 0 spiro atoms. The minimum Gasteiger partial charge on any atom is -0.357 e. The van der Waals surface area contributed by atoms with Gasteiger partial charge in [0.05, 0.1) is 11.6 Å². The number of benzene rings is 1. The van der Waals surface area contributed by atoms with E-state index in [1.54, 1.807) is 6.92 Å². The molecule has 3 rings (SSSR count). The summed E-state index contributed by atoms with van der Waals surface area (Å²) in [7, 11) is -3.81. The Morgan fingerprint density at radius 2 is 1.74 bits per heavy atom. The third-order valence-electron chi connectivity index (χ3n) is 4.49.